The van der Waals surface area contributed by atoms with Crippen molar-refractivity contribution >= 4 is 31.8 Å². The van der Waals surface area contributed by atoms with Gasteiger partial charge in [0.25, 0.3) is 0 Å². The number of fused-ring (bicyclic) bond motifs is 1. The largest absolute Gasteiger partial charge is 0.384 e. The molecule has 0 aliphatic carbocycles. The minimum Gasteiger partial charge on any atom is -0.371 e. The zero-order chi connectivity index (χ0) is 20.1. The molecule has 0 N–H and O–H groups in total. The summed E-state index contributed by atoms with van der Waals surface area (Å²) < 4.78 is 58.1. The maximum absolute atomic E-state index is 12.9. The Morgan fingerprint density at radius 3 is 2.08 bits per heavy atom. The van der Waals surface area contributed by atoms with Gasteiger partial charge in [-0.15, -0.1) is 0 Å². The van der Waals surface area contributed by atoms with E-state index in [1.165, 1.54) is 44.6 Å². The lowest BCUT2D eigenvalue weighted by Gasteiger charge is -2.42. The third-order valence-electron chi connectivity index (χ3n) is 4.05. The third kappa shape index (κ3) is 3.59. The molecule has 146 valence electrons. The molecule has 1 heterocycles. The Hall–Kier alpha value is -1.62. The van der Waals surface area contributed by atoms with E-state index in [0.29, 0.717) is 11.3 Å². The van der Waals surface area contributed by atoms with E-state index in [-0.39, 0.29) is 5.75 Å². The molecule has 26 heavy (non-hydrogen) atoms. The van der Waals surface area contributed by atoms with Crippen LogP contribution in [0.4, 0.5) is 5.69 Å². The second kappa shape index (κ2) is 6.52. The van der Waals surface area contributed by atoms with Gasteiger partial charge in [0.1, 0.15) is 5.75 Å². The molecule has 2 rings (SSSR count). The molecule has 8 nitrogen and oxygen atoms in total. The molecule has 0 fully saturated rings. The van der Waals surface area contributed by atoms with Crippen LogP contribution in [0.1, 0.15) is 26.3 Å². The van der Waals surface area contributed by atoms with Gasteiger partial charge in [0.05, 0.1) is 11.2 Å². The first-order chi connectivity index (χ1) is 11.7. The van der Waals surface area contributed by atoms with Gasteiger partial charge < -0.3 is 4.18 Å². The predicted molar refractivity (Wildman–Crippen MR) is 102 cm³/mol. The molecule has 0 amide bonds. The van der Waals surface area contributed by atoms with Crippen LogP contribution in [0.25, 0.3) is 5.57 Å². The average molecular weight is 404 g/mol. The molecule has 0 aromatic heterocycles. The number of rotatable bonds is 5. The summed E-state index contributed by atoms with van der Waals surface area (Å²) in [5.74, 6) is 0.118. The summed E-state index contributed by atoms with van der Waals surface area (Å²) in [4.78, 5) is 0. The Labute approximate surface area is 156 Å². The van der Waals surface area contributed by atoms with Gasteiger partial charge in [-0.3, -0.25) is 0 Å². The molecule has 0 spiro atoms. The Balaban J connectivity index is 2.63. The lowest BCUT2D eigenvalue weighted by atomic mass is 9.91. The fraction of sp³-hybridized carbons (Fsp3) is 0.500. The summed E-state index contributed by atoms with van der Waals surface area (Å²) >= 11 is 0. The van der Waals surface area contributed by atoms with Crippen molar-refractivity contribution in [3.63, 3.8) is 0 Å². The Bertz CT molecular complexity index is 948. The first kappa shape index (κ1) is 20.7. The SMILES string of the molecule is CC1=CC(C)(C)N(S(=O)(=O)N(C)C)c2ccc(OS(=O)(=O)N(C)C)cc21. The summed E-state index contributed by atoms with van der Waals surface area (Å²) in [6.45, 7) is 5.47. The highest BCUT2D eigenvalue weighted by Gasteiger charge is 2.40. The number of nitrogens with zero attached hydrogens (tertiary/aromatic N) is 3. The molecular formula is C16H25N3O5S2. The van der Waals surface area contributed by atoms with Crippen LogP contribution in [0.15, 0.2) is 24.3 Å². The van der Waals surface area contributed by atoms with Crippen molar-refractivity contribution in [1.82, 2.24) is 8.61 Å². The van der Waals surface area contributed by atoms with E-state index in [4.69, 9.17) is 4.18 Å². The number of hydrogen-bond donors (Lipinski definition) is 0. The van der Waals surface area contributed by atoms with Crippen LogP contribution >= 0.6 is 0 Å². The first-order valence-corrected chi connectivity index (χ1v) is 10.6. The van der Waals surface area contributed by atoms with Crippen molar-refractivity contribution < 1.29 is 21.0 Å². The maximum Gasteiger partial charge on any atom is 0.384 e. The van der Waals surface area contributed by atoms with E-state index in [1.807, 2.05) is 13.0 Å². The van der Waals surface area contributed by atoms with Gasteiger partial charge in [-0.05, 0) is 44.5 Å². The quantitative estimate of drug-likeness (QED) is 0.746. The fourth-order valence-electron chi connectivity index (χ4n) is 2.82. The summed E-state index contributed by atoms with van der Waals surface area (Å²) in [5.41, 5.74) is 1.13. The van der Waals surface area contributed by atoms with Gasteiger partial charge in [0.15, 0.2) is 0 Å². The fourth-order valence-corrected chi connectivity index (χ4v) is 4.70. The van der Waals surface area contributed by atoms with E-state index in [1.54, 1.807) is 19.9 Å². The molecule has 0 radical (unpaired) electrons. The summed E-state index contributed by atoms with van der Waals surface area (Å²) in [7, 11) is -1.98. The standard InChI is InChI=1S/C16H25N3O5S2/c1-12-11-16(2,3)19(25(20,21)17(4)5)15-9-8-13(10-14(12)15)24-26(22,23)18(6)7/h8-11H,1-7H3. The Morgan fingerprint density at radius 2 is 1.58 bits per heavy atom. The molecule has 10 heteroatoms. The molecule has 0 unspecified atom stereocenters. The van der Waals surface area contributed by atoms with Crippen LogP contribution in [0.3, 0.4) is 0 Å². The smallest absolute Gasteiger partial charge is 0.371 e. The monoisotopic (exact) mass is 403 g/mol. The molecule has 0 bridgehead atoms. The maximum atomic E-state index is 12.9. The van der Waals surface area contributed by atoms with Crippen LogP contribution < -0.4 is 8.49 Å². The molecule has 0 saturated carbocycles. The van der Waals surface area contributed by atoms with Crippen molar-refractivity contribution in [3.05, 3.63) is 29.8 Å². The zero-order valence-electron chi connectivity index (χ0n) is 16.0. The van der Waals surface area contributed by atoms with Crippen molar-refractivity contribution in [2.24, 2.45) is 0 Å². The summed E-state index contributed by atoms with van der Waals surface area (Å²) in [6, 6.07) is 4.55. The number of hydrogen-bond acceptors (Lipinski definition) is 5. The van der Waals surface area contributed by atoms with Gasteiger partial charge in [0.2, 0.25) is 0 Å². The van der Waals surface area contributed by atoms with E-state index in [0.717, 1.165) is 14.2 Å². The molecule has 1 aromatic carbocycles. The lowest BCUT2D eigenvalue weighted by molar-refractivity contribution is 0.421. The minimum absolute atomic E-state index is 0.118. The molecule has 0 saturated heterocycles. The second-order valence-electron chi connectivity index (χ2n) is 7.04. The number of anilines is 1. The van der Waals surface area contributed by atoms with Crippen molar-refractivity contribution in [2.75, 3.05) is 32.5 Å². The highest BCUT2D eigenvalue weighted by atomic mass is 32.2. The van der Waals surface area contributed by atoms with Crippen molar-refractivity contribution in [2.45, 2.75) is 26.3 Å². The summed E-state index contributed by atoms with van der Waals surface area (Å²) in [6.07, 6.45) is 1.83. The van der Waals surface area contributed by atoms with Gasteiger partial charge in [-0.2, -0.15) is 25.4 Å². The third-order valence-corrected chi connectivity index (χ3v) is 7.39. The van der Waals surface area contributed by atoms with Crippen LogP contribution in [0.5, 0.6) is 5.75 Å². The Morgan fingerprint density at radius 1 is 1.00 bits per heavy atom. The highest BCUT2D eigenvalue weighted by Crippen LogP contribution is 2.42. The van der Waals surface area contributed by atoms with Crippen LogP contribution in [-0.4, -0.2) is 59.2 Å². The van der Waals surface area contributed by atoms with Crippen LogP contribution in [-0.2, 0) is 20.5 Å². The van der Waals surface area contributed by atoms with E-state index in [9.17, 15) is 16.8 Å². The lowest BCUT2D eigenvalue weighted by Crippen LogP contribution is -2.52. The predicted octanol–water partition coefficient (Wildman–Crippen LogP) is 1.68. The van der Waals surface area contributed by atoms with Crippen LogP contribution in [0, 0.1) is 0 Å². The van der Waals surface area contributed by atoms with E-state index in [2.05, 4.69) is 0 Å². The van der Waals surface area contributed by atoms with E-state index < -0.39 is 26.1 Å². The summed E-state index contributed by atoms with van der Waals surface area (Å²) in [5, 5.41) is 0. The normalized spacial score (nSPS) is 17.3. The van der Waals surface area contributed by atoms with Gasteiger partial charge in [-0.25, -0.2) is 4.31 Å². The second-order valence-corrected chi connectivity index (χ2v) is 10.8. The number of allylic oxidation sites excluding steroid dienone is 1. The highest BCUT2D eigenvalue weighted by molar-refractivity contribution is 7.90. The molecule has 1 aliphatic rings. The van der Waals surface area contributed by atoms with Crippen molar-refractivity contribution in [1.29, 1.82) is 0 Å². The molecule has 1 aromatic rings. The van der Waals surface area contributed by atoms with Crippen molar-refractivity contribution in [3.8, 4) is 5.75 Å². The molecule has 0 atom stereocenters. The average Bonchev–Trinajstić information content (AvgIpc) is 2.46. The van der Waals surface area contributed by atoms with Crippen LogP contribution in [0.2, 0.25) is 0 Å². The first-order valence-electron chi connectivity index (χ1n) is 7.89. The zero-order valence-corrected chi connectivity index (χ0v) is 17.6. The Kier molecular flexibility index (Phi) is 5.19. The molecule has 1 aliphatic heterocycles. The van der Waals surface area contributed by atoms with Gasteiger partial charge in [-0.1, -0.05) is 6.08 Å². The van der Waals surface area contributed by atoms with Gasteiger partial charge >= 0.3 is 20.5 Å². The van der Waals surface area contributed by atoms with E-state index >= 15 is 0 Å². The van der Waals surface area contributed by atoms with Gasteiger partial charge in [0, 0.05) is 33.8 Å². The number of benzene rings is 1. The minimum atomic E-state index is -3.90. The topological polar surface area (TPSA) is 87.2 Å². The molecular weight excluding hydrogens is 378 g/mol.